The number of Topliss-reactive ketones (excluding diaryl/α,β-unsaturated/α-hetero) is 1. The van der Waals surface area contributed by atoms with E-state index in [1.54, 1.807) is 0 Å². The smallest absolute Gasteiger partial charge is 0.342 e. The third-order valence-corrected chi connectivity index (χ3v) is 3.56. The largest absolute Gasteiger partial charge is 0.488 e. The van der Waals surface area contributed by atoms with E-state index in [0.29, 0.717) is 0 Å². The van der Waals surface area contributed by atoms with Crippen LogP contribution in [0.4, 0.5) is 0 Å². The van der Waals surface area contributed by atoms with Crippen LogP contribution in [0.2, 0.25) is 0 Å². The van der Waals surface area contributed by atoms with Gasteiger partial charge in [-0.25, -0.2) is 9.59 Å². The second kappa shape index (κ2) is 8.10. The van der Waals surface area contributed by atoms with Crippen LogP contribution < -0.4 is 4.74 Å². The molecule has 0 aliphatic rings. The highest BCUT2D eigenvalue weighted by Gasteiger charge is 2.28. The van der Waals surface area contributed by atoms with Gasteiger partial charge in [0, 0.05) is 5.56 Å². The number of ether oxygens (including phenoxy) is 3. The molecule has 6 heteroatoms. The van der Waals surface area contributed by atoms with Gasteiger partial charge in [-0.1, -0.05) is 30.3 Å². The van der Waals surface area contributed by atoms with Crippen LogP contribution >= 0.6 is 0 Å². The van der Waals surface area contributed by atoms with Crippen LogP contribution in [-0.4, -0.2) is 31.9 Å². The van der Waals surface area contributed by atoms with Gasteiger partial charge < -0.3 is 14.2 Å². The molecule has 0 fully saturated rings. The van der Waals surface area contributed by atoms with Gasteiger partial charge in [-0.2, -0.15) is 0 Å². The molecular formula is C19H18O6. The first kappa shape index (κ1) is 18.2. The Morgan fingerprint density at radius 2 is 1.44 bits per heavy atom. The summed E-state index contributed by atoms with van der Waals surface area (Å²) in [6, 6.07) is 12.2. The molecular weight excluding hydrogens is 324 g/mol. The molecule has 130 valence electrons. The summed E-state index contributed by atoms with van der Waals surface area (Å²) in [5, 5.41) is 0. The third-order valence-electron chi connectivity index (χ3n) is 3.56. The number of methoxy groups -OCH3 is 2. The first-order valence-corrected chi connectivity index (χ1v) is 7.50. The van der Waals surface area contributed by atoms with Crippen molar-refractivity contribution in [2.24, 2.45) is 0 Å². The van der Waals surface area contributed by atoms with E-state index in [1.165, 1.54) is 33.3 Å². The second-order valence-electron chi connectivity index (χ2n) is 5.17. The maximum atomic E-state index is 12.2. The summed E-state index contributed by atoms with van der Waals surface area (Å²) < 4.78 is 15.2. The molecule has 0 spiro atoms. The Bertz CT molecular complexity index is 795. The predicted molar refractivity (Wildman–Crippen MR) is 89.9 cm³/mol. The van der Waals surface area contributed by atoms with Crippen molar-refractivity contribution in [1.82, 2.24) is 0 Å². The van der Waals surface area contributed by atoms with Gasteiger partial charge in [-0.05, 0) is 24.6 Å². The zero-order valence-corrected chi connectivity index (χ0v) is 14.2. The third kappa shape index (κ3) is 4.03. The van der Waals surface area contributed by atoms with Gasteiger partial charge in [-0.15, -0.1) is 0 Å². The minimum Gasteiger partial charge on any atom is -0.488 e. The maximum Gasteiger partial charge on any atom is 0.342 e. The van der Waals surface area contributed by atoms with E-state index in [0.717, 1.165) is 5.56 Å². The van der Waals surface area contributed by atoms with Gasteiger partial charge in [0.1, 0.15) is 17.9 Å². The molecule has 0 bridgehead atoms. The summed E-state index contributed by atoms with van der Waals surface area (Å²) in [5.74, 6) is -1.83. The van der Waals surface area contributed by atoms with E-state index in [1.807, 2.05) is 30.3 Å². The standard InChI is InChI=1S/C19H18O6/c1-12(20)14-9-10-15(25-11-13-7-5-4-6-8-13)17(19(22)24-3)16(14)18(21)23-2/h4-10H,11H2,1-3H3. The first-order chi connectivity index (χ1) is 12.0. The summed E-state index contributed by atoms with van der Waals surface area (Å²) in [4.78, 5) is 36.2. The van der Waals surface area contributed by atoms with Crippen molar-refractivity contribution in [3.63, 3.8) is 0 Å². The Hall–Kier alpha value is -3.15. The SMILES string of the molecule is COC(=O)c1c(OCc2ccccc2)ccc(C(C)=O)c1C(=O)OC. The predicted octanol–water partition coefficient (Wildman–Crippen LogP) is 3.04. The highest BCUT2D eigenvalue weighted by atomic mass is 16.5. The second-order valence-corrected chi connectivity index (χ2v) is 5.17. The van der Waals surface area contributed by atoms with Crippen LogP contribution in [-0.2, 0) is 16.1 Å². The zero-order valence-electron chi connectivity index (χ0n) is 14.2. The lowest BCUT2D eigenvalue weighted by molar-refractivity contribution is 0.0549. The molecule has 6 nitrogen and oxygen atoms in total. The first-order valence-electron chi connectivity index (χ1n) is 7.50. The van der Waals surface area contributed by atoms with Crippen molar-refractivity contribution in [3.05, 3.63) is 64.7 Å². The van der Waals surface area contributed by atoms with Gasteiger partial charge in [0.25, 0.3) is 0 Å². The van der Waals surface area contributed by atoms with E-state index in [-0.39, 0.29) is 34.8 Å². The van der Waals surface area contributed by atoms with E-state index in [2.05, 4.69) is 0 Å². The topological polar surface area (TPSA) is 78.9 Å². The lowest BCUT2D eigenvalue weighted by Gasteiger charge is -2.15. The van der Waals surface area contributed by atoms with Gasteiger partial charge in [-0.3, -0.25) is 4.79 Å². The highest BCUT2D eigenvalue weighted by molar-refractivity contribution is 6.12. The van der Waals surface area contributed by atoms with Crippen molar-refractivity contribution in [1.29, 1.82) is 0 Å². The Kier molecular flexibility index (Phi) is 5.89. The number of hydrogen-bond acceptors (Lipinski definition) is 6. The maximum absolute atomic E-state index is 12.2. The summed E-state index contributed by atoms with van der Waals surface area (Å²) in [6.07, 6.45) is 0. The van der Waals surface area contributed by atoms with E-state index < -0.39 is 11.9 Å². The Balaban J connectivity index is 2.53. The monoisotopic (exact) mass is 342 g/mol. The molecule has 0 heterocycles. The molecule has 2 aromatic carbocycles. The van der Waals surface area contributed by atoms with Gasteiger partial charge >= 0.3 is 11.9 Å². The number of rotatable bonds is 6. The number of carbonyl (C=O) groups is 3. The molecule has 0 radical (unpaired) electrons. The minimum atomic E-state index is -0.809. The fraction of sp³-hybridized carbons (Fsp3) is 0.211. The van der Waals surface area contributed by atoms with Gasteiger partial charge in [0.2, 0.25) is 0 Å². The molecule has 0 N–H and O–H groups in total. The van der Waals surface area contributed by atoms with Crippen LogP contribution in [0.1, 0.15) is 43.6 Å². The fourth-order valence-corrected chi connectivity index (χ4v) is 2.35. The Labute approximate surface area is 145 Å². The summed E-state index contributed by atoms with van der Waals surface area (Å²) in [5.41, 5.74) is 0.665. The van der Waals surface area contributed by atoms with Crippen molar-refractivity contribution < 1.29 is 28.6 Å². The molecule has 0 atom stereocenters. The van der Waals surface area contributed by atoms with Gasteiger partial charge in [0.05, 0.1) is 19.8 Å². The highest BCUT2D eigenvalue weighted by Crippen LogP contribution is 2.28. The average molecular weight is 342 g/mol. The van der Waals surface area contributed by atoms with Crippen LogP contribution in [0, 0.1) is 0 Å². The normalized spacial score (nSPS) is 10.0. The van der Waals surface area contributed by atoms with Crippen molar-refractivity contribution >= 4 is 17.7 Å². The Morgan fingerprint density at radius 3 is 2.00 bits per heavy atom. The van der Waals surface area contributed by atoms with Crippen LogP contribution in [0.3, 0.4) is 0 Å². The molecule has 0 aliphatic heterocycles. The van der Waals surface area contributed by atoms with Crippen LogP contribution in [0.25, 0.3) is 0 Å². The number of carbonyl (C=O) groups excluding carboxylic acids is 3. The number of esters is 2. The van der Waals surface area contributed by atoms with Gasteiger partial charge in [0.15, 0.2) is 5.78 Å². The van der Waals surface area contributed by atoms with Crippen LogP contribution in [0.5, 0.6) is 5.75 Å². The van der Waals surface area contributed by atoms with Crippen molar-refractivity contribution in [2.75, 3.05) is 14.2 Å². The molecule has 25 heavy (non-hydrogen) atoms. The lowest BCUT2D eigenvalue weighted by Crippen LogP contribution is -2.18. The van der Waals surface area contributed by atoms with Crippen molar-refractivity contribution in [2.45, 2.75) is 13.5 Å². The summed E-state index contributed by atoms with van der Waals surface area (Å²) >= 11 is 0. The Morgan fingerprint density at radius 1 is 0.840 bits per heavy atom. The molecule has 2 aromatic rings. The average Bonchev–Trinajstić information content (AvgIpc) is 2.64. The van der Waals surface area contributed by atoms with Crippen LogP contribution in [0.15, 0.2) is 42.5 Å². The molecule has 0 aromatic heterocycles. The van der Waals surface area contributed by atoms with E-state index in [9.17, 15) is 14.4 Å². The van der Waals surface area contributed by atoms with Crippen molar-refractivity contribution in [3.8, 4) is 5.75 Å². The number of benzene rings is 2. The number of ketones is 1. The summed E-state index contributed by atoms with van der Waals surface area (Å²) in [6.45, 7) is 1.48. The molecule has 0 aliphatic carbocycles. The molecule has 0 unspecified atom stereocenters. The molecule has 0 amide bonds. The summed E-state index contributed by atoms with van der Waals surface area (Å²) in [7, 11) is 2.36. The molecule has 2 rings (SSSR count). The molecule has 0 saturated carbocycles. The lowest BCUT2D eigenvalue weighted by atomic mass is 9.97. The van der Waals surface area contributed by atoms with E-state index in [4.69, 9.17) is 14.2 Å². The number of hydrogen-bond donors (Lipinski definition) is 0. The fourth-order valence-electron chi connectivity index (χ4n) is 2.35. The quantitative estimate of drug-likeness (QED) is 0.593. The molecule has 0 saturated heterocycles. The minimum absolute atomic E-state index is 0.0688. The zero-order chi connectivity index (χ0) is 18.4. The van der Waals surface area contributed by atoms with E-state index >= 15 is 0 Å².